The summed E-state index contributed by atoms with van der Waals surface area (Å²) in [5.41, 5.74) is 0.820. The molecule has 0 radical (unpaired) electrons. The lowest BCUT2D eigenvalue weighted by molar-refractivity contribution is 0.00325. The van der Waals surface area contributed by atoms with Crippen LogP contribution in [0.2, 0.25) is 10.0 Å². The van der Waals surface area contributed by atoms with Crippen molar-refractivity contribution >= 4 is 23.2 Å². The Morgan fingerprint density at radius 3 is 2.75 bits per heavy atom. The molecule has 1 aromatic carbocycles. The average Bonchev–Trinajstić information content (AvgIpc) is 2.43. The highest BCUT2D eigenvalue weighted by atomic mass is 35.5. The van der Waals surface area contributed by atoms with Gasteiger partial charge in [0.05, 0.1) is 16.7 Å². The molecule has 112 valence electrons. The van der Waals surface area contributed by atoms with Crippen LogP contribution in [0, 0.1) is 0 Å². The fraction of sp³-hybridized carbons (Fsp3) is 0.600. The Morgan fingerprint density at radius 1 is 1.40 bits per heavy atom. The van der Waals surface area contributed by atoms with E-state index in [9.17, 15) is 5.11 Å². The minimum absolute atomic E-state index is 0.123. The summed E-state index contributed by atoms with van der Waals surface area (Å²) < 4.78 is 0. The molecule has 0 bridgehead atoms. The van der Waals surface area contributed by atoms with Gasteiger partial charge in [-0.15, -0.1) is 0 Å². The molecule has 20 heavy (non-hydrogen) atoms. The molecule has 0 saturated carbocycles. The molecule has 2 atom stereocenters. The average molecular weight is 317 g/mol. The number of benzene rings is 1. The van der Waals surface area contributed by atoms with Crippen LogP contribution in [-0.4, -0.2) is 47.8 Å². The van der Waals surface area contributed by atoms with Gasteiger partial charge < -0.3 is 10.4 Å². The molecule has 0 amide bonds. The molecule has 0 aliphatic carbocycles. The standard InChI is InChI=1S/C15H22Cl2N2O/c1-11-9-18-5-6-19(11)15(2,10-20)8-12-3-4-13(16)14(17)7-12/h3-4,7,11,18,20H,5-6,8-10H2,1-2H3. The van der Waals surface area contributed by atoms with Crippen LogP contribution in [0.15, 0.2) is 18.2 Å². The molecule has 2 N–H and O–H groups in total. The van der Waals surface area contributed by atoms with Crippen LogP contribution in [0.3, 0.4) is 0 Å². The van der Waals surface area contributed by atoms with Gasteiger partial charge in [0, 0.05) is 31.2 Å². The minimum atomic E-state index is -0.279. The van der Waals surface area contributed by atoms with E-state index >= 15 is 0 Å². The number of halogens is 2. The van der Waals surface area contributed by atoms with E-state index in [-0.39, 0.29) is 12.1 Å². The third-order valence-electron chi connectivity index (χ3n) is 4.10. The van der Waals surface area contributed by atoms with Crippen molar-refractivity contribution in [2.45, 2.75) is 31.8 Å². The van der Waals surface area contributed by atoms with E-state index in [2.05, 4.69) is 24.1 Å². The van der Waals surface area contributed by atoms with Crippen LogP contribution in [0.4, 0.5) is 0 Å². The normalized spacial score (nSPS) is 23.6. The molecule has 0 spiro atoms. The molecular weight excluding hydrogens is 295 g/mol. The van der Waals surface area contributed by atoms with Crippen LogP contribution in [-0.2, 0) is 6.42 Å². The lowest BCUT2D eigenvalue weighted by atomic mass is 9.89. The first-order chi connectivity index (χ1) is 9.46. The van der Waals surface area contributed by atoms with Crippen molar-refractivity contribution < 1.29 is 5.11 Å². The summed E-state index contributed by atoms with van der Waals surface area (Å²) in [6.07, 6.45) is 0.755. The second-order valence-electron chi connectivity index (χ2n) is 5.83. The summed E-state index contributed by atoms with van der Waals surface area (Å²) in [5.74, 6) is 0. The molecule has 0 aromatic heterocycles. The number of aliphatic hydroxyl groups is 1. The van der Waals surface area contributed by atoms with Gasteiger partial charge in [0.15, 0.2) is 0 Å². The minimum Gasteiger partial charge on any atom is -0.394 e. The van der Waals surface area contributed by atoms with Crippen molar-refractivity contribution in [2.24, 2.45) is 0 Å². The Bertz CT molecular complexity index is 469. The number of nitrogens with zero attached hydrogens (tertiary/aromatic N) is 1. The van der Waals surface area contributed by atoms with Crippen LogP contribution in [0.1, 0.15) is 19.4 Å². The first-order valence-electron chi connectivity index (χ1n) is 6.98. The fourth-order valence-electron chi connectivity index (χ4n) is 2.98. The summed E-state index contributed by atoms with van der Waals surface area (Å²) in [6.45, 7) is 7.28. The number of hydrogen-bond acceptors (Lipinski definition) is 3. The van der Waals surface area contributed by atoms with E-state index in [1.165, 1.54) is 0 Å². The SMILES string of the molecule is CC1CNCCN1C(C)(CO)Cc1ccc(Cl)c(Cl)c1. The van der Waals surface area contributed by atoms with Crippen molar-refractivity contribution in [3.63, 3.8) is 0 Å². The van der Waals surface area contributed by atoms with Crippen molar-refractivity contribution in [3.8, 4) is 0 Å². The van der Waals surface area contributed by atoms with E-state index in [0.717, 1.165) is 31.6 Å². The number of nitrogens with one attached hydrogen (secondary N) is 1. The first-order valence-corrected chi connectivity index (χ1v) is 7.74. The van der Waals surface area contributed by atoms with Crippen LogP contribution >= 0.6 is 23.2 Å². The van der Waals surface area contributed by atoms with Crippen molar-refractivity contribution in [2.75, 3.05) is 26.2 Å². The smallest absolute Gasteiger partial charge is 0.0616 e. The van der Waals surface area contributed by atoms with Crippen molar-refractivity contribution in [1.82, 2.24) is 10.2 Å². The Balaban J connectivity index is 2.19. The predicted octanol–water partition coefficient (Wildman–Crippen LogP) is 2.58. The molecule has 1 heterocycles. The molecule has 1 saturated heterocycles. The predicted molar refractivity (Wildman–Crippen MR) is 84.7 cm³/mol. The lowest BCUT2D eigenvalue weighted by Crippen LogP contribution is -2.61. The van der Waals surface area contributed by atoms with E-state index in [4.69, 9.17) is 23.2 Å². The van der Waals surface area contributed by atoms with E-state index < -0.39 is 0 Å². The Hall–Kier alpha value is -0.320. The highest BCUT2D eigenvalue weighted by Gasteiger charge is 2.35. The zero-order valence-electron chi connectivity index (χ0n) is 12.0. The molecule has 1 fully saturated rings. The third kappa shape index (κ3) is 3.46. The van der Waals surface area contributed by atoms with Gasteiger partial charge >= 0.3 is 0 Å². The summed E-state index contributed by atoms with van der Waals surface area (Å²) in [5, 5.41) is 14.4. The van der Waals surface area contributed by atoms with Gasteiger partial charge in [-0.2, -0.15) is 0 Å². The maximum atomic E-state index is 9.92. The highest BCUT2D eigenvalue weighted by Crippen LogP contribution is 2.28. The molecule has 1 aliphatic rings. The van der Waals surface area contributed by atoms with Crippen molar-refractivity contribution in [1.29, 1.82) is 0 Å². The zero-order chi connectivity index (χ0) is 14.8. The first kappa shape index (κ1) is 16.1. The monoisotopic (exact) mass is 316 g/mol. The molecule has 1 aliphatic heterocycles. The Kier molecular flexibility index (Phi) is 5.32. The number of piperazine rings is 1. The van der Waals surface area contributed by atoms with Crippen LogP contribution < -0.4 is 5.32 Å². The van der Waals surface area contributed by atoms with E-state index in [1.54, 1.807) is 0 Å². The number of rotatable bonds is 4. The third-order valence-corrected chi connectivity index (χ3v) is 4.84. The second kappa shape index (κ2) is 6.63. The summed E-state index contributed by atoms with van der Waals surface area (Å²) in [4.78, 5) is 2.38. The fourth-order valence-corrected chi connectivity index (χ4v) is 3.30. The van der Waals surface area contributed by atoms with Gasteiger partial charge in [0.1, 0.15) is 0 Å². The van der Waals surface area contributed by atoms with Gasteiger partial charge in [0.25, 0.3) is 0 Å². The topological polar surface area (TPSA) is 35.5 Å². The van der Waals surface area contributed by atoms with Gasteiger partial charge in [-0.05, 0) is 38.0 Å². The number of aliphatic hydroxyl groups excluding tert-OH is 1. The van der Waals surface area contributed by atoms with E-state index in [0.29, 0.717) is 16.1 Å². The molecule has 1 aromatic rings. The van der Waals surface area contributed by atoms with Gasteiger partial charge in [0.2, 0.25) is 0 Å². The molecule has 3 nitrogen and oxygen atoms in total. The summed E-state index contributed by atoms with van der Waals surface area (Å²) in [6, 6.07) is 6.10. The molecule has 2 rings (SSSR count). The Morgan fingerprint density at radius 2 is 2.15 bits per heavy atom. The maximum absolute atomic E-state index is 9.92. The second-order valence-corrected chi connectivity index (χ2v) is 6.64. The maximum Gasteiger partial charge on any atom is 0.0616 e. The molecule has 2 unspecified atom stereocenters. The largest absolute Gasteiger partial charge is 0.394 e. The van der Waals surface area contributed by atoms with Crippen molar-refractivity contribution in [3.05, 3.63) is 33.8 Å². The zero-order valence-corrected chi connectivity index (χ0v) is 13.5. The molecular formula is C15H22Cl2N2O. The highest BCUT2D eigenvalue weighted by molar-refractivity contribution is 6.42. The summed E-state index contributed by atoms with van der Waals surface area (Å²) >= 11 is 12.0. The quantitative estimate of drug-likeness (QED) is 0.896. The van der Waals surface area contributed by atoms with Crippen LogP contribution in [0.5, 0.6) is 0 Å². The summed E-state index contributed by atoms with van der Waals surface area (Å²) in [7, 11) is 0. The van der Waals surface area contributed by atoms with Crippen LogP contribution in [0.25, 0.3) is 0 Å². The molecule has 5 heteroatoms. The van der Waals surface area contributed by atoms with Gasteiger partial charge in [-0.25, -0.2) is 0 Å². The van der Waals surface area contributed by atoms with Gasteiger partial charge in [-0.3, -0.25) is 4.90 Å². The Labute approximate surface area is 130 Å². The van der Waals surface area contributed by atoms with E-state index in [1.807, 2.05) is 18.2 Å². The van der Waals surface area contributed by atoms with Gasteiger partial charge in [-0.1, -0.05) is 29.3 Å². The number of hydrogen-bond donors (Lipinski definition) is 2. The lowest BCUT2D eigenvalue weighted by Gasteiger charge is -2.46.